The lowest BCUT2D eigenvalue weighted by Gasteiger charge is -2.00. The van der Waals surface area contributed by atoms with Gasteiger partial charge >= 0.3 is 0 Å². The van der Waals surface area contributed by atoms with E-state index in [-0.39, 0.29) is 5.75 Å². The molecule has 2 N–H and O–H groups in total. The first-order chi connectivity index (χ1) is 10.2. The molecule has 0 aliphatic heterocycles. The van der Waals surface area contributed by atoms with E-state index in [9.17, 15) is 5.11 Å². The van der Waals surface area contributed by atoms with Crippen LogP contribution in [0.5, 0.6) is 5.75 Å². The number of aromatic nitrogens is 3. The lowest BCUT2D eigenvalue weighted by molar-refractivity contribution is 0.475. The number of hydrogen-bond acceptors (Lipinski definition) is 4. The number of hydrogen-bond donors (Lipinski definition) is 2. The van der Waals surface area contributed by atoms with Crippen LogP contribution in [0.4, 0.5) is 0 Å². The highest BCUT2D eigenvalue weighted by Crippen LogP contribution is 2.16. The Balaban J connectivity index is 1.98. The minimum Gasteiger partial charge on any atom is -0.508 e. The monoisotopic (exact) mass is 296 g/mol. The highest BCUT2D eigenvalue weighted by atomic mass is 32.1. The van der Waals surface area contributed by atoms with Crippen molar-refractivity contribution in [2.45, 2.75) is 0 Å². The van der Waals surface area contributed by atoms with E-state index in [1.807, 2.05) is 30.3 Å². The number of benzene rings is 2. The first-order valence-electron chi connectivity index (χ1n) is 6.30. The van der Waals surface area contributed by atoms with Gasteiger partial charge in [0.05, 0.1) is 6.21 Å². The number of nitrogens with zero attached hydrogens (tertiary/aromatic N) is 3. The van der Waals surface area contributed by atoms with E-state index < -0.39 is 0 Å². The zero-order valence-electron chi connectivity index (χ0n) is 11.0. The van der Waals surface area contributed by atoms with Crippen molar-refractivity contribution in [2.75, 3.05) is 0 Å². The lowest BCUT2D eigenvalue weighted by Crippen LogP contribution is -1.94. The maximum atomic E-state index is 9.26. The van der Waals surface area contributed by atoms with Gasteiger partial charge in [-0.25, -0.2) is 5.10 Å². The number of aromatic amines is 1. The largest absolute Gasteiger partial charge is 0.508 e. The van der Waals surface area contributed by atoms with Gasteiger partial charge in [-0.2, -0.15) is 14.9 Å². The van der Waals surface area contributed by atoms with Crippen molar-refractivity contribution in [1.29, 1.82) is 0 Å². The zero-order valence-corrected chi connectivity index (χ0v) is 11.8. The van der Waals surface area contributed by atoms with Crippen molar-refractivity contribution in [3.8, 4) is 17.1 Å². The van der Waals surface area contributed by atoms with E-state index in [0.717, 1.165) is 11.1 Å². The fourth-order valence-corrected chi connectivity index (χ4v) is 2.04. The predicted molar refractivity (Wildman–Crippen MR) is 83.9 cm³/mol. The predicted octanol–water partition coefficient (Wildman–Crippen LogP) is 3.20. The average Bonchev–Trinajstić information content (AvgIpc) is 2.89. The summed E-state index contributed by atoms with van der Waals surface area (Å²) in [5.74, 6) is 0.868. The van der Waals surface area contributed by atoms with Crippen molar-refractivity contribution in [3.63, 3.8) is 0 Å². The second-order valence-corrected chi connectivity index (χ2v) is 4.75. The lowest BCUT2D eigenvalue weighted by atomic mass is 10.2. The number of nitrogens with one attached hydrogen (secondary N) is 1. The fourth-order valence-electron chi connectivity index (χ4n) is 1.86. The van der Waals surface area contributed by atoms with Crippen LogP contribution in [-0.2, 0) is 0 Å². The van der Waals surface area contributed by atoms with Gasteiger partial charge in [0, 0.05) is 5.56 Å². The molecule has 5 nitrogen and oxygen atoms in total. The Labute approximate surface area is 126 Å². The third-order valence-corrected chi connectivity index (χ3v) is 3.16. The number of rotatable bonds is 3. The van der Waals surface area contributed by atoms with Gasteiger partial charge in [-0.05, 0) is 42.0 Å². The summed E-state index contributed by atoms with van der Waals surface area (Å²) >= 11 is 5.20. The summed E-state index contributed by atoms with van der Waals surface area (Å²) in [6, 6.07) is 16.4. The summed E-state index contributed by atoms with van der Waals surface area (Å²) in [6.45, 7) is 0. The van der Waals surface area contributed by atoms with Crippen LogP contribution >= 0.6 is 12.2 Å². The quantitative estimate of drug-likeness (QED) is 0.576. The van der Waals surface area contributed by atoms with Crippen LogP contribution in [0.15, 0.2) is 59.7 Å². The standard InChI is InChI=1S/C15H12N4OS/c20-13-8-6-11(7-9-13)10-16-19-14(17-18-15(19)21)12-4-2-1-3-5-12/h1-10,20H,(H,18,21)/b16-10-. The molecule has 21 heavy (non-hydrogen) atoms. The van der Waals surface area contributed by atoms with Crippen LogP contribution in [0, 0.1) is 4.77 Å². The highest BCUT2D eigenvalue weighted by Gasteiger charge is 2.06. The minimum atomic E-state index is 0.219. The number of phenols is 1. The topological polar surface area (TPSA) is 66.2 Å². The molecule has 0 saturated heterocycles. The molecule has 1 heterocycles. The number of aromatic hydroxyl groups is 1. The summed E-state index contributed by atoms with van der Waals surface area (Å²) in [5.41, 5.74) is 1.78. The third-order valence-electron chi connectivity index (χ3n) is 2.90. The molecule has 0 fully saturated rings. The fraction of sp³-hybridized carbons (Fsp3) is 0. The molecule has 0 aliphatic rings. The normalized spacial score (nSPS) is 11.0. The first-order valence-corrected chi connectivity index (χ1v) is 6.71. The summed E-state index contributed by atoms with van der Waals surface area (Å²) in [7, 11) is 0. The Morgan fingerprint density at radius 3 is 2.52 bits per heavy atom. The summed E-state index contributed by atoms with van der Waals surface area (Å²) in [6.07, 6.45) is 1.66. The van der Waals surface area contributed by atoms with Gasteiger partial charge in [0.2, 0.25) is 4.77 Å². The Hall–Kier alpha value is -2.73. The molecule has 0 atom stereocenters. The molecular formula is C15H12N4OS. The van der Waals surface area contributed by atoms with Crippen molar-refractivity contribution in [1.82, 2.24) is 14.9 Å². The Morgan fingerprint density at radius 1 is 1.10 bits per heavy atom. The maximum Gasteiger partial charge on any atom is 0.216 e. The third kappa shape index (κ3) is 2.90. The Bertz CT molecular complexity index is 819. The van der Waals surface area contributed by atoms with Crippen molar-refractivity contribution in [2.24, 2.45) is 5.10 Å². The van der Waals surface area contributed by atoms with Crippen LogP contribution in [0.3, 0.4) is 0 Å². The molecule has 0 aliphatic carbocycles. The molecule has 0 unspecified atom stereocenters. The average molecular weight is 296 g/mol. The second-order valence-electron chi connectivity index (χ2n) is 4.37. The summed E-state index contributed by atoms with van der Waals surface area (Å²) < 4.78 is 1.99. The molecule has 6 heteroatoms. The highest BCUT2D eigenvalue weighted by molar-refractivity contribution is 7.71. The molecule has 3 aromatic rings. The Morgan fingerprint density at radius 2 is 1.81 bits per heavy atom. The summed E-state index contributed by atoms with van der Waals surface area (Å²) in [5, 5.41) is 20.6. The smallest absolute Gasteiger partial charge is 0.216 e. The van der Waals surface area contributed by atoms with Crippen LogP contribution in [0.2, 0.25) is 0 Å². The summed E-state index contributed by atoms with van der Waals surface area (Å²) in [4.78, 5) is 0. The molecule has 0 radical (unpaired) electrons. The molecule has 0 amide bonds. The van der Waals surface area contributed by atoms with E-state index in [4.69, 9.17) is 12.2 Å². The molecule has 104 valence electrons. The minimum absolute atomic E-state index is 0.219. The van der Waals surface area contributed by atoms with Gasteiger partial charge in [-0.3, -0.25) is 0 Å². The van der Waals surface area contributed by atoms with Crippen LogP contribution in [-0.4, -0.2) is 26.2 Å². The van der Waals surface area contributed by atoms with Gasteiger partial charge in [-0.15, -0.1) is 0 Å². The van der Waals surface area contributed by atoms with Gasteiger partial charge in [0.15, 0.2) is 5.82 Å². The van der Waals surface area contributed by atoms with Gasteiger partial charge in [-0.1, -0.05) is 30.3 Å². The van der Waals surface area contributed by atoms with Crippen molar-refractivity contribution >= 4 is 18.4 Å². The van der Waals surface area contributed by atoms with Gasteiger partial charge in [0.25, 0.3) is 0 Å². The van der Waals surface area contributed by atoms with E-state index in [1.54, 1.807) is 35.2 Å². The van der Waals surface area contributed by atoms with Crippen molar-refractivity contribution in [3.05, 3.63) is 64.9 Å². The van der Waals surface area contributed by atoms with Crippen molar-refractivity contribution < 1.29 is 5.11 Å². The Kier molecular flexibility index (Phi) is 3.61. The molecule has 1 aromatic heterocycles. The molecule has 0 spiro atoms. The van der Waals surface area contributed by atoms with Gasteiger partial charge < -0.3 is 5.11 Å². The SMILES string of the molecule is Oc1ccc(/C=N\n2c(-c3ccccc3)n[nH]c2=S)cc1. The number of phenolic OH excluding ortho intramolecular Hbond substituents is 1. The zero-order chi connectivity index (χ0) is 14.7. The van der Waals surface area contributed by atoms with Gasteiger partial charge in [0.1, 0.15) is 5.75 Å². The maximum absolute atomic E-state index is 9.26. The van der Waals surface area contributed by atoms with Crippen LogP contribution in [0.25, 0.3) is 11.4 Å². The molecular weight excluding hydrogens is 284 g/mol. The molecule has 0 saturated carbocycles. The molecule has 3 rings (SSSR count). The second kappa shape index (κ2) is 5.72. The molecule has 2 aromatic carbocycles. The van der Waals surface area contributed by atoms with Crippen LogP contribution < -0.4 is 0 Å². The van der Waals surface area contributed by atoms with E-state index in [2.05, 4.69) is 15.3 Å². The van der Waals surface area contributed by atoms with E-state index >= 15 is 0 Å². The number of H-pyrrole nitrogens is 1. The molecule has 0 bridgehead atoms. The van der Waals surface area contributed by atoms with E-state index in [0.29, 0.717) is 10.6 Å². The van der Waals surface area contributed by atoms with Crippen LogP contribution in [0.1, 0.15) is 5.56 Å². The first kappa shape index (κ1) is 13.3. The van der Waals surface area contributed by atoms with E-state index in [1.165, 1.54) is 0 Å².